The monoisotopic (exact) mass is 290 g/mol. The van der Waals surface area contributed by atoms with Crippen molar-refractivity contribution in [2.75, 3.05) is 14.2 Å². The zero-order chi connectivity index (χ0) is 15.2. The standard InChI is InChI=1S/C17H22O4/c1-10-7-14-13(11-5-4-6-12(18)8-11)9-15(10)17(20-2,21-3)16(14)19/h7-8,13-15H,4-6,9H2,1-3H3/t13-,14+,15+/m1/s1. The van der Waals surface area contributed by atoms with Crippen LogP contribution in [-0.2, 0) is 19.1 Å². The summed E-state index contributed by atoms with van der Waals surface area (Å²) in [6.07, 6.45) is 7.10. The predicted octanol–water partition coefficient (Wildman–Crippen LogP) is 2.44. The van der Waals surface area contributed by atoms with Crippen LogP contribution in [0.4, 0.5) is 0 Å². The van der Waals surface area contributed by atoms with E-state index in [0.717, 1.165) is 30.4 Å². The molecule has 0 aromatic rings. The minimum absolute atomic E-state index is 0.00160. The number of Topliss-reactive ketones (excluding diaryl/α,β-unsaturated/α-hetero) is 1. The molecule has 1 saturated carbocycles. The number of rotatable bonds is 3. The van der Waals surface area contributed by atoms with E-state index in [1.807, 2.05) is 6.92 Å². The van der Waals surface area contributed by atoms with Crippen LogP contribution in [0.5, 0.6) is 0 Å². The third-order valence-electron chi connectivity index (χ3n) is 5.34. The third-order valence-corrected chi connectivity index (χ3v) is 5.34. The van der Waals surface area contributed by atoms with Gasteiger partial charge in [-0.3, -0.25) is 9.59 Å². The summed E-state index contributed by atoms with van der Waals surface area (Å²) < 4.78 is 11.0. The normalized spacial score (nSPS) is 34.7. The highest BCUT2D eigenvalue weighted by Gasteiger charge is 2.59. The Morgan fingerprint density at radius 3 is 2.52 bits per heavy atom. The van der Waals surface area contributed by atoms with Crippen molar-refractivity contribution >= 4 is 11.6 Å². The maximum absolute atomic E-state index is 12.8. The highest BCUT2D eigenvalue weighted by molar-refractivity contribution is 5.94. The first-order chi connectivity index (χ1) is 10.0. The minimum Gasteiger partial charge on any atom is -0.347 e. The average Bonchev–Trinajstić information content (AvgIpc) is 2.49. The summed E-state index contributed by atoms with van der Waals surface area (Å²) in [5.41, 5.74) is 2.29. The summed E-state index contributed by atoms with van der Waals surface area (Å²) >= 11 is 0. The molecule has 1 fully saturated rings. The quantitative estimate of drug-likeness (QED) is 0.592. The van der Waals surface area contributed by atoms with E-state index >= 15 is 0 Å². The lowest BCUT2D eigenvalue weighted by molar-refractivity contribution is -0.240. The summed E-state index contributed by atoms with van der Waals surface area (Å²) in [4.78, 5) is 24.5. The number of allylic oxidation sites excluding steroid dienone is 3. The van der Waals surface area contributed by atoms with Crippen LogP contribution in [0.2, 0.25) is 0 Å². The fourth-order valence-corrected chi connectivity index (χ4v) is 4.28. The lowest BCUT2D eigenvalue weighted by Crippen LogP contribution is -2.60. The minimum atomic E-state index is -1.14. The van der Waals surface area contributed by atoms with E-state index in [0.29, 0.717) is 6.42 Å². The SMILES string of the molecule is COC1(OC)C(=O)[C@H]2C=C(C)[C@@H]1C[C@@H]2C1=CC(=O)CCC1. The number of fused-ring (bicyclic) bond motifs is 2. The van der Waals surface area contributed by atoms with E-state index in [2.05, 4.69) is 6.08 Å². The second kappa shape index (κ2) is 5.18. The molecule has 4 heteroatoms. The molecular formula is C17H22O4. The van der Waals surface area contributed by atoms with Crippen LogP contribution in [0.15, 0.2) is 23.3 Å². The van der Waals surface area contributed by atoms with Crippen molar-refractivity contribution in [2.24, 2.45) is 17.8 Å². The van der Waals surface area contributed by atoms with Gasteiger partial charge in [0.1, 0.15) is 0 Å². The highest BCUT2D eigenvalue weighted by atomic mass is 16.7. The van der Waals surface area contributed by atoms with Gasteiger partial charge in [0.15, 0.2) is 11.6 Å². The van der Waals surface area contributed by atoms with Crippen LogP contribution < -0.4 is 0 Å². The Kier molecular flexibility index (Phi) is 3.62. The highest BCUT2D eigenvalue weighted by Crippen LogP contribution is 2.52. The van der Waals surface area contributed by atoms with E-state index in [9.17, 15) is 9.59 Å². The van der Waals surface area contributed by atoms with E-state index in [1.54, 1.807) is 6.08 Å². The van der Waals surface area contributed by atoms with E-state index in [1.165, 1.54) is 14.2 Å². The molecule has 4 aliphatic rings. The van der Waals surface area contributed by atoms with Crippen LogP contribution in [0.3, 0.4) is 0 Å². The van der Waals surface area contributed by atoms with Crippen molar-refractivity contribution in [3.8, 4) is 0 Å². The van der Waals surface area contributed by atoms with Crippen LogP contribution in [0.25, 0.3) is 0 Å². The molecule has 0 N–H and O–H groups in total. The van der Waals surface area contributed by atoms with Crippen LogP contribution in [-0.4, -0.2) is 31.6 Å². The fourth-order valence-electron chi connectivity index (χ4n) is 4.28. The number of ketones is 2. The van der Waals surface area contributed by atoms with Crippen molar-refractivity contribution in [3.05, 3.63) is 23.3 Å². The van der Waals surface area contributed by atoms with Gasteiger partial charge in [-0.05, 0) is 38.2 Å². The number of hydrogen-bond acceptors (Lipinski definition) is 4. The number of methoxy groups -OCH3 is 2. The topological polar surface area (TPSA) is 52.6 Å². The first-order valence-electron chi connectivity index (χ1n) is 7.59. The Morgan fingerprint density at radius 2 is 1.90 bits per heavy atom. The van der Waals surface area contributed by atoms with Gasteiger partial charge in [0.05, 0.1) is 0 Å². The van der Waals surface area contributed by atoms with E-state index in [-0.39, 0.29) is 29.3 Å². The molecule has 3 atom stereocenters. The second-order valence-corrected chi connectivity index (χ2v) is 6.31. The molecule has 0 heterocycles. The van der Waals surface area contributed by atoms with Crippen LogP contribution in [0.1, 0.15) is 32.6 Å². The van der Waals surface area contributed by atoms with Crippen molar-refractivity contribution in [3.63, 3.8) is 0 Å². The van der Waals surface area contributed by atoms with Gasteiger partial charge in [0, 0.05) is 32.5 Å². The molecular weight excluding hydrogens is 268 g/mol. The van der Waals surface area contributed by atoms with Crippen molar-refractivity contribution in [1.29, 1.82) is 0 Å². The smallest absolute Gasteiger partial charge is 0.235 e. The van der Waals surface area contributed by atoms with Gasteiger partial charge in [0.25, 0.3) is 0 Å². The van der Waals surface area contributed by atoms with Gasteiger partial charge < -0.3 is 9.47 Å². The summed E-state index contributed by atoms with van der Waals surface area (Å²) in [5.74, 6) is -1.11. The Hall–Kier alpha value is -1.26. The third kappa shape index (κ3) is 2.04. The van der Waals surface area contributed by atoms with Gasteiger partial charge in [-0.15, -0.1) is 0 Å². The maximum Gasteiger partial charge on any atom is 0.235 e. The summed E-state index contributed by atoms with van der Waals surface area (Å²) in [5, 5.41) is 0. The average molecular weight is 290 g/mol. The van der Waals surface area contributed by atoms with Crippen LogP contribution >= 0.6 is 0 Å². The van der Waals surface area contributed by atoms with Gasteiger partial charge >= 0.3 is 0 Å². The van der Waals surface area contributed by atoms with Crippen molar-refractivity contribution in [1.82, 2.24) is 0 Å². The van der Waals surface area contributed by atoms with Gasteiger partial charge in [0.2, 0.25) is 5.79 Å². The Balaban J connectivity index is 1.98. The Labute approximate surface area is 125 Å². The number of carbonyl (C=O) groups excluding carboxylic acids is 2. The van der Waals surface area contributed by atoms with Crippen molar-refractivity contribution < 1.29 is 19.1 Å². The summed E-state index contributed by atoms with van der Waals surface area (Å²) in [6, 6.07) is 0. The largest absolute Gasteiger partial charge is 0.347 e. The molecule has 4 aliphatic carbocycles. The zero-order valence-electron chi connectivity index (χ0n) is 12.8. The molecule has 4 nitrogen and oxygen atoms in total. The predicted molar refractivity (Wildman–Crippen MR) is 77.5 cm³/mol. The molecule has 0 aromatic heterocycles. The number of hydrogen-bond donors (Lipinski definition) is 0. The molecule has 0 aromatic carbocycles. The maximum atomic E-state index is 12.8. The molecule has 0 amide bonds. The van der Waals surface area contributed by atoms with Crippen molar-refractivity contribution in [2.45, 2.75) is 38.4 Å². The Bertz CT molecular complexity index is 539. The number of carbonyl (C=O) groups is 2. The van der Waals surface area contributed by atoms with Gasteiger partial charge in [-0.1, -0.05) is 17.2 Å². The van der Waals surface area contributed by atoms with E-state index in [4.69, 9.17) is 9.47 Å². The molecule has 21 heavy (non-hydrogen) atoms. The molecule has 2 bridgehead atoms. The molecule has 0 saturated heterocycles. The molecule has 0 radical (unpaired) electrons. The molecule has 0 aliphatic heterocycles. The van der Waals surface area contributed by atoms with Crippen LogP contribution in [0, 0.1) is 17.8 Å². The lowest BCUT2D eigenvalue weighted by atomic mass is 9.59. The first-order valence-corrected chi connectivity index (χ1v) is 7.59. The van der Waals surface area contributed by atoms with E-state index < -0.39 is 5.79 Å². The lowest BCUT2D eigenvalue weighted by Gasteiger charge is -2.50. The molecule has 114 valence electrons. The molecule has 0 spiro atoms. The first kappa shape index (κ1) is 14.7. The van der Waals surface area contributed by atoms with Gasteiger partial charge in [-0.25, -0.2) is 0 Å². The second-order valence-electron chi connectivity index (χ2n) is 6.31. The summed E-state index contributed by atoms with van der Waals surface area (Å²) in [7, 11) is 3.07. The number of ether oxygens (including phenoxy) is 2. The molecule has 4 rings (SSSR count). The van der Waals surface area contributed by atoms with Gasteiger partial charge in [-0.2, -0.15) is 0 Å². The molecule has 0 unspecified atom stereocenters. The Morgan fingerprint density at radius 1 is 1.19 bits per heavy atom. The fraction of sp³-hybridized carbons (Fsp3) is 0.647. The zero-order valence-corrected chi connectivity index (χ0v) is 12.8. The summed E-state index contributed by atoms with van der Waals surface area (Å²) in [6.45, 7) is 2.04.